The molecule has 2 aromatic carbocycles. The number of amides is 1. The molecular formula is C25H28N2O3. The number of nitrogens with one attached hydrogen (secondary N) is 1. The van der Waals surface area contributed by atoms with Crippen LogP contribution in [-0.2, 0) is 4.74 Å². The number of ether oxygens (including phenoxy) is 2. The molecular weight excluding hydrogens is 376 g/mol. The molecule has 1 saturated heterocycles. The van der Waals surface area contributed by atoms with Crippen LogP contribution >= 0.6 is 0 Å². The van der Waals surface area contributed by atoms with Gasteiger partial charge in [-0.3, -0.25) is 4.79 Å². The standard InChI is InChI=1S/C25H28N2O3/c1-2-30-19-9-6-17(7-10-19)24-21-5-3-4-20(21)22-16-18(8-11-23(22)26-24)25(28)27-12-14-29-15-13-27/h3-4,6-11,16,20-21,24,26H,2,5,12-15H2,1H3. The molecule has 5 rings (SSSR count). The molecule has 1 aliphatic carbocycles. The van der Waals surface area contributed by atoms with Crippen LogP contribution in [0.4, 0.5) is 5.69 Å². The summed E-state index contributed by atoms with van der Waals surface area (Å²) in [5.41, 5.74) is 4.41. The van der Waals surface area contributed by atoms with Crippen molar-refractivity contribution in [3.63, 3.8) is 0 Å². The zero-order valence-electron chi connectivity index (χ0n) is 17.3. The van der Waals surface area contributed by atoms with E-state index in [4.69, 9.17) is 9.47 Å². The van der Waals surface area contributed by atoms with Crippen molar-refractivity contribution < 1.29 is 14.3 Å². The minimum atomic E-state index is 0.105. The Bertz CT molecular complexity index is 947. The third-order valence-electron chi connectivity index (χ3n) is 6.46. The summed E-state index contributed by atoms with van der Waals surface area (Å²) in [4.78, 5) is 14.9. The van der Waals surface area contributed by atoms with Gasteiger partial charge < -0.3 is 19.7 Å². The molecule has 0 aromatic heterocycles. The summed E-state index contributed by atoms with van der Waals surface area (Å²) in [5.74, 6) is 1.79. The van der Waals surface area contributed by atoms with E-state index in [9.17, 15) is 4.79 Å². The van der Waals surface area contributed by atoms with Gasteiger partial charge in [-0.05, 0) is 60.7 Å². The second kappa shape index (κ2) is 8.15. The molecule has 156 valence electrons. The quantitative estimate of drug-likeness (QED) is 0.768. The van der Waals surface area contributed by atoms with Crippen LogP contribution in [0, 0.1) is 5.92 Å². The summed E-state index contributed by atoms with van der Waals surface area (Å²) >= 11 is 0. The predicted octanol–water partition coefficient (Wildman–Crippen LogP) is 4.38. The third-order valence-corrected chi connectivity index (χ3v) is 6.46. The first-order chi connectivity index (χ1) is 14.7. The SMILES string of the molecule is CCOc1ccc(C2Nc3ccc(C(=O)N4CCOCC4)cc3C3C=CCC32)cc1. The lowest BCUT2D eigenvalue weighted by atomic mass is 9.76. The van der Waals surface area contributed by atoms with Gasteiger partial charge in [-0.25, -0.2) is 0 Å². The largest absolute Gasteiger partial charge is 0.494 e. The first kappa shape index (κ1) is 19.2. The van der Waals surface area contributed by atoms with Gasteiger partial charge in [0.05, 0.1) is 25.9 Å². The number of carbonyl (C=O) groups is 1. The lowest BCUT2D eigenvalue weighted by molar-refractivity contribution is 0.0303. The van der Waals surface area contributed by atoms with Crippen molar-refractivity contribution in [1.82, 2.24) is 4.90 Å². The fourth-order valence-corrected chi connectivity index (χ4v) is 4.94. The number of fused-ring (bicyclic) bond motifs is 3. The van der Waals surface area contributed by atoms with E-state index in [1.165, 1.54) is 11.1 Å². The predicted molar refractivity (Wildman–Crippen MR) is 117 cm³/mol. The van der Waals surface area contributed by atoms with E-state index >= 15 is 0 Å². The maximum Gasteiger partial charge on any atom is 0.254 e. The Morgan fingerprint density at radius 2 is 1.97 bits per heavy atom. The van der Waals surface area contributed by atoms with Gasteiger partial charge in [0.2, 0.25) is 0 Å². The van der Waals surface area contributed by atoms with Crippen LogP contribution < -0.4 is 10.1 Å². The van der Waals surface area contributed by atoms with Crippen molar-refractivity contribution in [2.24, 2.45) is 5.92 Å². The molecule has 2 aliphatic heterocycles. The van der Waals surface area contributed by atoms with Crippen molar-refractivity contribution in [1.29, 1.82) is 0 Å². The molecule has 2 aromatic rings. The normalized spacial score (nSPS) is 24.7. The van der Waals surface area contributed by atoms with Gasteiger partial charge in [-0.15, -0.1) is 0 Å². The summed E-state index contributed by atoms with van der Waals surface area (Å²) in [7, 11) is 0. The van der Waals surface area contributed by atoms with Gasteiger partial charge in [0, 0.05) is 30.3 Å². The molecule has 3 aliphatic rings. The highest BCUT2D eigenvalue weighted by Gasteiger charge is 2.38. The molecule has 5 heteroatoms. The number of anilines is 1. The van der Waals surface area contributed by atoms with Crippen LogP contribution in [0.2, 0.25) is 0 Å². The fourth-order valence-electron chi connectivity index (χ4n) is 4.94. The molecule has 0 radical (unpaired) electrons. The van der Waals surface area contributed by atoms with Crippen LogP contribution in [0.1, 0.15) is 46.8 Å². The first-order valence-corrected chi connectivity index (χ1v) is 10.9. The highest BCUT2D eigenvalue weighted by Crippen LogP contribution is 2.50. The second-order valence-corrected chi connectivity index (χ2v) is 8.18. The molecule has 5 nitrogen and oxygen atoms in total. The zero-order valence-corrected chi connectivity index (χ0v) is 17.3. The summed E-state index contributed by atoms with van der Waals surface area (Å²) < 4.78 is 11.0. The maximum atomic E-state index is 13.0. The van der Waals surface area contributed by atoms with Crippen molar-refractivity contribution in [2.75, 3.05) is 38.2 Å². The summed E-state index contributed by atoms with van der Waals surface area (Å²) in [5, 5.41) is 3.76. The van der Waals surface area contributed by atoms with E-state index in [1.54, 1.807) is 0 Å². The van der Waals surface area contributed by atoms with Crippen molar-refractivity contribution in [3.05, 3.63) is 71.3 Å². The minimum absolute atomic E-state index is 0.105. The lowest BCUT2D eigenvalue weighted by Crippen LogP contribution is -2.40. The Labute approximate surface area is 177 Å². The van der Waals surface area contributed by atoms with Gasteiger partial charge in [-0.2, -0.15) is 0 Å². The highest BCUT2D eigenvalue weighted by atomic mass is 16.5. The monoisotopic (exact) mass is 404 g/mol. The number of benzene rings is 2. The lowest BCUT2D eigenvalue weighted by Gasteiger charge is -2.38. The van der Waals surface area contributed by atoms with Crippen LogP contribution in [0.3, 0.4) is 0 Å². The smallest absolute Gasteiger partial charge is 0.254 e. The van der Waals surface area contributed by atoms with Crippen molar-refractivity contribution >= 4 is 11.6 Å². The molecule has 0 bridgehead atoms. The molecule has 1 fully saturated rings. The van der Waals surface area contributed by atoms with E-state index in [1.807, 2.05) is 17.9 Å². The van der Waals surface area contributed by atoms with Crippen molar-refractivity contribution in [3.8, 4) is 5.75 Å². The topological polar surface area (TPSA) is 50.8 Å². The Balaban J connectivity index is 1.42. The number of hydrogen-bond acceptors (Lipinski definition) is 4. The zero-order chi connectivity index (χ0) is 20.5. The number of hydrogen-bond donors (Lipinski definition) is 1. The molecule has 3 atom stereocenters. The average Bonchev–Trinajstić information content (AvgIpc) is 3.29. The first-order valence-electron chi connectivity index (χ1n) is 10.9. The van der Waals surface area contributed by atoms with Crippen LogP contribution in [0.25, 0.3) is 0 Å². The van der Waals surface area contributed by atoms with Gasteiger partial charge >= 0.3 is 0 Å². The maximum absolute atomic E-state index is 13.0. The minimum Gasteiger partial charge on any atom is -0.494 e. The van der Waals surface area contributed by atoms with Gasteiger partial charge in [0.1, 0.15) is 5.75 Å². The highest BCUT2D eigenvalue weighted by molar-refractivity contribution is 5.95. The molecule has 3 unspecified atom stereocenters. The molecule has 30 heavy (non-hydrogen) atoms. The second-order valence-electron chi connectivity index (χ2n) is 8.18. The van der Waals surface area contributed by atoms with Gasteiger partial charge in [0.25, 0.3) is 5.91 Å². The number of nitrogens with zero attached hydrogens (tertiary/aromatic N) is 1. The molecule has 1 N–H and O–H groups in total. The number of morpholine rings is 1. The number of rotatable bonds is 4. The molecule has 0 spiro atoms. The molecule has 0 saturated carbocycles. The Hall–Kier alpha value is -2.79. The van der Waals surface area contributed by atoms with Gasteiger partial charge in [0.15, 0.2) is 0 Å². The number of carbonyl (C=O) groups excluding carboxylic acids is 1. The van der Waals surface area contributed by atoms with Crippen LogP contribution in [0.15, 0.2) is 54.6 Å². The summed E-state index contributed by atoms with van der Waals surface area (Å²) in [6.07, 6.45) is 5.63. The molecule has 2 heterocycles. The third kappa shape index (κ3) is 3.47. The summed E-state index contributed by atoms with van der Waals surface area (Å²) in [6.45, 7) is 5.25. The Morgan fingerprint density at radius 1 is 1.17 bits per heavy atom. The van der Waals surface area contributed by atoms with Crippen LogP contribution in [-0.4, -0.2) is 43.7 Å². The van der Waals surface area contributed by atoms with Gasteiger partial charge in [-0.1, -0.05) is 24.3 Å². The van der Waals surface area contributed by atoms with Crippen molar-refractivity contribution in [2.45, 2.75) is 25.3 Å². The molecule has 1 amide bonds. The summed E-state index contributed by atoms with van der Waals surface area (Å²) in [6, 6.07) is 14.8. The number of allylic oxidation sites excluding steroid dienone is 2. The van der Waals surface area contributed by atoms with E-state index in [0.29, 0.717) is 44.7 Å². The Kier molecular flexibility index (Phi) is 5.21. The van der Waals surface area contributed by atoms with E-state index in [2.05, 4.69) is 53.9 Å². The van der Waals surface area contributed by atoms with Crippen LogP contribution in [0.5, 0.6) is 5.75 Å². The van der Waals surface area contributed by atoms with E-state index < -0.39 is 0 Å². The van der Waals surface area contributed by atoms with E-state index in [0.717, 1.165) is 23.4 Å². The fraction of sp³-hybridized carbons (Fsp3) is 0.400. The Morgan fingerprint density at radius 3 is 2.73 bits per heavy atom. The van der Waals surface area contributed by atoms with E-state index in [-0.39, 0.29) is 11.9 Å². The average molecular weight is 405 g/mol.